The van der Waals surface area contributed by atoms with E-state index >= 15 is 0 Å². The van der Waals surface area contributed by atoms with E-state index in [1.165, 1.54) is 29.5 Å². The molecule has 0 radical (unpaired) electrons. The highest BCUT2D eigenvalue weighted by molar-refractivity contribution is 6.00. The molecule has 0 spiro atoms. The number of amides is 1. The maximum absolute atomic E-state index is 11.6. The molecule has 1 aliphatic carbocycles. The van der Waals surface area contributed by atoms with Crippen LogP contribution in [0.15, 0.2) is 6.07 Å². The number of carbonyl (C=O) groups excluding carboxylic acids is 1. The number of benzene rings is 1. The first-order chi connectivity index (χ1) is 8.51. The summed E-state index contributed by atoms with van der Waals surface area (Å²) >= 11 is 0. The van der Waals surface area contributed by atoms with Crippen molar-refractivity contribution in [2.45, 2.75) is 51.5 Å². The van der Waals surface area contributed by atoms with Crippen LogP contribution in [-0.2, 0) is 16.8 Å². The van der Waals surface area contributed by atoms with Gasteiger partial charge in [0, 0.05) is 11.2 Å². The highest BCUT2D eigenvalue weighted by atomic mass is 16.1. The molecule has 1 fully saturated rings. The van der Waals surface area contributed by atoms with Crippen molar-refractivity contribution in [2.24, 2.45) is 5.73 Å². The quantitative estimate of drug-likeness (QED) is 0.797. The van der Waals surface area contributed by atoms with Gasteiger partial charge in [0.1, 0.15) is 0 Å². The number of nitrogens with two attached hydrogens (primary N) is 1. The van der Waals surface area contributed by atoms with Gasteiger partial charge in [0.15, 0.2) is 0 Å². The predicted molar refractivity (Wildman–Crippen MR) is 72.6 cm³/mol. The molecule has 1 amide bonds. The summed E-state index contributed by atoms with van der Waals surface area (Å²) in [6.07, 6.45) is 4.93. The van der Waals surface area contributed by atoms with Crippen LogP contribution in [0.25, 0.3) is 0 Å². The SMILES string of the molecule is Cc1cc2c(c(C3(N)CCCC3)c1C)NC(=O)C2. The van der Waals surface area contributed by atoms with Gasteiger partial charge in [-0.05, 0) is 48.9 Å². The standard InChI is InChI=1S/C15H20N2O/c1-9-7-11-8-12(18)17-14(11)13(10(9)2)15(16)5-3-4-6-15/h7H,3-6,8,16H2,1-2H3,(H,17,18). The summed E-state index contributed by atoms with van der Waals surface area (Å²) in [6, 6.07) is 2.13. The van der Waals surface area contributed by atoms with Crippen molar-refractivity contribution in [1.82, 2.24) is 0 Å². The third-order valence-electron chi connectivity index (χ3n) is 4.54. The minimum atomic E-state index is -0.238. The topological polar surface area (TPSA) is 55.1 Å². The Kier molecular flexibility index (Phi) is 2.49. The Morgan fingerprint density at radius 3 is 2.61 bits per heavy atom. The molecule has 96 valence electrons. The van der Waals surface area contributed by atoms with Crippen LogP contribution in [-0.4, -0.2) is 5.91 Å². The van der Waals surface area contributed by atoms with Gasteiger partial charge >= 0.3 is 0 Å². The molecule has 3 heteroatoms. The van der Waals surface area contributed by atoms with Crippen molar-refractivity contribution >= 4 is 11.6 Å². The lowest BCUT2D eigenvalue weighted by Crippen LogP contribution is -2.35. The summed E-state index contributed by atoms with van der Waals surface area (Å²) < 4.78 is 0. The molecule has 3 N–H and O–H groups in total. The fraction of sp³-hybridized carbons (Fsp3) is 0.533. The molecule has 18 heavy (non-hydrogen) atoms. The summed E-state index contributed by atoms with van der Waals surface area (Å²) in [7, 11) is 0. The molecule has 1 saturated carbocycles. The third-order valence-corrected chi connectivity index (χ3v) is 4.54. The number of aryl methyl sites for hydroxylation is 1. The van der Waals surface area contributed by atoms with Crippen molar-refractivity contribution in [3.63, 3.8) is 0 Å². The van der Waals surface area contributed by atoms with E-state index in [1.54, 1.807) is 0 Å². The highest BCUT2D eigenvalue weighted by Gasteiger charge is 2.37. The van der Waals surface area contributed by atoms with Gasteiger partial charge in [-0.15, -0.1) is 0 Å². The van der Waals surface area contributed by atoms with Gasteiger partial charge in [0.05, 0.1) is 6.42 Å². The second-order valence-corrected chi connectivity index (χ2v) is 5.82. The molecular weight excluding hydrogens is 224 g/mol. The maximum Gasteiger partial charge on any atom is 0.228 e. The molecule has 0 bridgehead atoms. The third kappa shape index (κ3) is 1.57. The van der Waals surface area contributed by atoms with E-state index in [2.05, 4.69) is 25.2 Å². The number of nitrogens with one attached hydrogen (secondary N) is 1. The largest absolute Gasteiger partial charge is 0.325 e. The molecule has 1 aromatic carbocycles. The normalized spacial score (nSPS) is 20.9. The van der Waals surface area contributed by atoms with Crippen molar-refractivity contribution in [3.05, 3.63) is 28.3 Å². The van der Waals surface area contributed by atoms with E-state index in [0.29, 0.717) is 6.42 Å². The lowest BCUT2D eigenvalue weighted by Gasteiger charge is -2.29. The molecule has 3 nitrogen and oxygen atoms in total. The first-order valence-corrected chi connectivity index (χ1v) is 6.73. The Balaban J connectivity index is 2.22. The number of hydrogen-bond acceptors (Lipinski definition) is 2. The summed E-state index contributed by atoms with van der Waals surface area (Å²) in [4.78, 5) is 11.6. The zero-order valence-corrected chi connectivity index (χ0v) is 11.1. The van der Waals surface area contributed by atoms with Crippen LogP contribution in [0.4, 0.5) is 5.69 Å². The van der Waals surface area contributed by atoms with E-state index in [0.717, 1.165) is 24.1 Å². The summed E-state index contributed by atoms with van der Waals surface area (Å²) in [6.45, 7) is 4.24. The molecule has 3 rings (SSSR count). The molecule has 0 unspecified atom stereocenters. The molecule has 0 atom stereocenters. The summed E-state index contributed by atoms with van der Waals surface area (Å²) in [5, 5.41) is 3.02. The van der Waals surface area contributed by atoms with Gasteiger partial charge in [0.2, 0.25) is 5.91 Å². The lowest BCUT2D eigenvalue weighted by molar-refractivity contribution is -0.115. The average Bonchev–Trinajstić information content (AvgIpc) is 2.86. The molecular formula is C15H20N2O. The Hall–Kier alpha value is -1.35. The smallest absolute Gasteiger partial charge is 0.228 e. The first-order valence-electron chi connectivity index (χ1n) is 6.73. The monoisotopic (exact) mass is 244 g/mol. The lowest BCUT2D eigenvalue weighted by atomic mass is 9.82. The first kappa shape index (κ1) is 11.7. The Labute approximate surface area is 108 Å². The van der Waals surface area contributed by atoms with Gasteiger partial charge in [-0.25, -0.2) is 0 Å². The Morgan fingerprint density at radius 2 is 1.94 bits per heavy atom. The Bertz CT molecular complexity index is 528. The average molecular weight is 244 g/mol. The predicted octanol–water partition coefficient (Wildman–Crippen LogP) is 2.53. The van der Waals surface area contributed by atoms with Crippen molar-refractivity contribution < 1.29 is 4.79 Å². The molecule has 1 aliphatic heterocycles. The number of fused-ring (bicyclic) bond motifs is 1. The van der Waals surface area contributed by atoms with Crippen LogP contribution < -0.4 is 11.1 Å². The summed E-state index contributed by atoms with van der Waals surface area (Å²) in [5.74, 6) is 0.0952. The van der Waals surface area contributed by atoms with E-state index < -0.39 is 0 Å². The van der Waals surface area contributed by atoms with Gasteiger partial charge in [0.25, 0.3) is 0 Å². The molecule has 1 aromatic rings. The van der Waals surface area contributed by atoms with Gasteiger partial charge in [-0.2, -0.15) is 0 Å². The van der Waals surface area contributed by atoms with Crippen molar-refractivity contribution in [3.8, 4) is 0 Å². The zero-order valence-electron chi connectivity index (χ0n) is 11.1. The van der Waals surface area contributed by atoms with Gasteiger partial charge in [-0.3, -0.25) is 4.79 Å². The van der Waals surface area contributed by atoms with E-state index in [9.17, 15) is 4.79 Å². The van der Waals surface area contributed by atoms with Crippen LogP contribution in [0.2, 0.25) is 0 Å². The van der Waals surface area contributed by atoms with Crippen LogP contribution >= 0.6 is 0 Å². The maximum atomic E-state index is 11.6. The van der Waals surface area contributed by atoms with E-state index in [4.69, 9.17) is 5.73 Å². The second kappa shape index (κ2) is 3.82. The second-order valence-electron chi connectivity index (χ2n) is 5.82. The number of anilines is 1. The van der Waals surface area contributed by atoms with E-state index in [1.807, 2.05) is 0 Å². The molecule has 0 saturated heterocycles. The van der Waals surface area contributed by atoms with Crippen LogP contribution in [0.5, 0.6) is 0 Å². The molecule has 1 heterocycles. The molecule has 2 aliphatic rings. The van der Waals surface area contributed by atoms with Crippen LogP contribution in [0.1, 0.15) is 47.9 Å². The number of carbonyl (C=O) groups is 1. The minimum absolute atomic E-state index is 0.0952. The van der Waals surface area contributed by atoms with E-state index in [-0.39, 0.29) is 11.4 Å². The van der Waals surface area contributed by atoms with Gasteiger partial charge < -0.3 is 11.1 Å². The summed E-state index contributed by atoms with van der Waals surface area (Å²) in [5.41, 5.74) is 12.2. The van der Waals surface area contributed by atoms with Crippen molar-refractivity contribution in [2.75, 3.05) is 5.32 Å². The van der Waals surface area contributed by atoms with Crippen LogP contribution in [0.3, 0.4) is 0 Å². The fourth-order valence-corrected chi connectivity index (χ4v) is 3.50. The zero-order chi connectivity index (χ0) is 12.9. The fourth-order valence-electron chi connectivity index (χ4n) is 3.50. The Morgan fingerprint density at radius 1 is 1.28 bits per heavy atom. The number of rotatable bonds is 1. The number of hydrogen-bond donors (Lipinski definition) is 2. The van der Waals surface area contributed by atoms with Gasteiger partial charge in [-0.1, -0.05) is 18.9 Å². The van der Waals surface area contributed by atoms with Crippen LogP contribution in [0, 0.1) is 13.8 Å². The minimum Gasteiger partial charge on any atom is -0.325 e. The van der Waals surface area contributed by atoms with Crippen molar-refractivity contribution in [1.29, 1.82) is 0 Å². The highest BCUT2D eigenvalue weighted by Crippen LogP contribution is 2.44. The molecule has 0 aromatic heterocycles.